The van der Waals surface area contributed by atoms with Crippen molar-refractivity contribution in [3.05, 3.63) is 27.4 Å². The lowest BCUT2D eigenvalue weighted by Crippen LogP contribution is -2.39. The Balaban J connectivity index is 2.62. The first-order valence-electron chi connectivity index (χ1n) is 5.79. The Morgan fingerprint density at radius 3 is 2.65 bits per heavy atom. The number of nitrogens with zero attached hydrogens (tertiary/aromatic N) is 4. The summed E-state index contributed by atoms with van der Waals surface area (Å²) in [5.74, 6) is 0.427. The lowest BCUT2D eigenvalue weighted by molar-refractivity contribution is -0.385. The van der Waals surface area contributed by atoms with Crippen molar-refractivity contribution in [2.24, 2.45) is 0 Å². The van der Waals surface area contributed by atoms with Crippen molar-refractivity contribution in [3.8, 4) is 0 Å². The number of carbonyl (C=O) groups excluding carboxylic acids is 1. The van der Waals surface area contributed by atoms with Crippen LogP contribution in [0.3, 0.4) is 0 Å². The van der Waals surface area contributed by atoms with Crippen molar-refractivity contribution in [2.45, 2.75) is 0 Å². The molecule has 2 amide bonds. The number of hydrogen-bond acceptors (Lipinski definition) is 5. The first kappa shape index (κ1) is 16.0. The maximum Gasteiger partial charge on any atom is 0.316 e. The number of nitrogens with one attached hydrogen (secondary N) is 1. The van der Waals surface area contributed by atoms with Gasteiger partial charge in [-0.2, -0.15) is 0 Å². The summed E-state index contributed by atoms with van der Waals surface area (Å²) >= 11 is 5.96. The molecule has 20 heavy (non-hydrogen) atoms. The topological polar surface area (TPSA) is 91.6 Å². The highest BCUT2D eigenvalue weighted by atomic mass is 35.5. The molecule has 0 aliphatic carbocycles. The smallest absolute Gasteiger partial charge is 0.316 e. The highest BCUT2D eigenvalue weighted by molar-refractivity contribution is 6.33. The molecular weight excluding hydrogens is 286 g/mol. The van der Waals surface area contributed by atoms with Gasteiger partial charge in [-0.3, -0.25) is 10.1 Å². The van der Waals surface area contributed by atoms with Gasteiger partial charge >= 0.3 is 6.03 Å². The van der Waals surface area contributed by atoms with Gasteiger partial charge in [0, 0.05) is 40.3 Å². The van der Waals surface area contributed by atoms with E-state index >= 15 is 0 Å². The van der Waals surface area contributed by atoms with Gasteiger partial charge in [-0.05, 0) is 0 Å². The number of carbonyl (C=O) groups is 1. The van der Waals surface area contributed by atoms with E-state index in [-0.39, 0.29) is 16.7 Å². The van der Waals surface area contributed by atoms with E-state index in [1.807, 2.05) is 0 Å². The molecule has 0 aromatic carbocycles. The van der Waals surface area contributed by atoms with Gasteiger partial charge in [-0.25, -0.2) is 9.78 Å². The third-order valence-corrected chi connectivity index (χ3v) is 2.79. The Labute approximate surface area is 121 Å². The summed E-state index contributed by atoms with van der Waals surface area (Å²) < 4.78 is 0. The SMILES string of the molecule is CN(C)C(=O)NCCN(C)c1ncc([N+](=O)[O-])cc1Cl. The predicted molar refractivity (Wildman–Crippen MR) is 76.3 cm³/mol. The second-order valence-electron chi connectivity index (χ2n) is 4.30. The van der Waals surface area contributed by atoms with Crippen LogP contribution in [0.5, 0.6) is 0 Å². The quantitative estimate of drug-likeness (QED) is 0.655. The first-order chi connectivity index (χ1) is 9.32. The highest BCUT2D eigenvalue weighted by Crippen LogP contribution is 2.25. The number of aromatic nitrogens is 1. The molecular formula is C11H16ClN5O3. The number of rotatable bonds is 5. The average molecular weight is 302 g/mol. The van der Waals surface area contributed by atoms with Crippen molar-refractivity contribution in [3.63, 3.8) is 0 Å². The van der Waals surface area contributed by atoms with E-state index in [0.29, 0.717) is 18.9 Å². The third kappa shape index (κ3) is 4.23. The normalized spacial score (nSPS) is 10.0. The van der Waals surface area contributed by atoms with E-state index < -0.39 is 4.92 Å². The van der Waals surface area contributed by atoms with E-state index in [2.05, 4.69) is 10.3 Å². The van der Waals surface area contributed by atoms with E-state index in [0.717, 1.165) is 6.20 Å². The number of urea groups is 1. The maximum atomic E-state index is 11.3. The van der Waals surface area contributed by atoms with Crippen LogP contribution in [-0.2, 0) is 0 Å². The molecule has 0 unspecified atom stereocenters. The van der Waals surface area contributed by atoms with Crippen molar-refractivity contribution in [1.29, 1.82) is 0 Å². The zero-order valence-corrected chi connectivity index (χ0v) is 12.2. The Bertz CT molecular complexity index is 509. The zero-order chi connectivity index (χ0) is 15.3. The van der Waals surface area contributed by atoms with Gasteiger partial charge < -0.3 is 15.1 Å². The predicted octanol–water partition coefficient (Wildman–Crippen LogP) is 1.35. The molecule has 0 fully saturated rings. The molecule has 1 rings (SSSR count). The number of nitro groups is 1. The van der Waals surface area contributed by atoms with Gasteiger partial charge in [-0.1, -0.05) is 11.6 Å². The number of amides is 2. The standard InChI is InChI=1S/C11H16ClN5O3/c1-15(2)11(18)13-4-5-16(3)10-9(12)6-8(7-14-10)17(19)20/h6-7H,4-5H2,1-3H3,(H,13,18). The van der Waals surface area contributed by atoms with Crippen LogP contribution in [0.2, 0.25) is 5.02 Å². The summed E-state index contributed by atoms with van der Waals surface area (Å²) in [6.45, 7) is 0.882. The molecule has 110 valence electrons. The van der Waals surface area contributed by atoms with Crippen molar-refractivity contribution < 1.29 is 9.72 Å². The van der Waals surface area contributed by atoms with Crippen LogP contribution >= 0.6 is 11.6 Å². The molecule has 1 aromatic heterocycles. The van der Waals surface area contributed by atoms with Crippen LogP contribution in [0.25, 0.3) is 0 Å². The molecule has 9 heteroatoms. The fourth-order valence-electron chi connectivity index (χ4n) is 1.40. The zero-order valence-electron chi connectivity index (χ0n) is 11.5. The fraction of sp³-hybridized carbons (Fsp3) is 0.455. The van der Waals surface area contributed by atoms with Gasteiger partial charge in [0.1, 0.15) is 12.0 Å². The van der Waals surface area contributed by atoms with Gasteiger partial charge in [0.15, 0.2) is 0 Å². The minimum Gasteiger partial charge on any atom is -0.357 e. The van der Waals surface area contributed by atoms with Crippen molar-refractivity contribution in [2.75, 3.05) is 39.1 Å². The fourth-order valence-corrected chi connectivity index (χ4v) is 1.70. The van der Waals surface area contributed by atoms with E-state index in [1.54, 1.807) is 26.0 Å². The van der Waals surface area contributed by atoms with Crippen LogP contribution in [0.15, 0.2) is 12.3 Å². The van der Waals surface area contributed by atoms with Gasteiger partial charge in [-0.15, -0.1) is 0 Å². The van der Waals surface area contributed by atoms with E-state index in [9.17, 15) is 14.9 Å². The Hall–Kier alpha value is -2.09. The Kier molecular flexibility index (Phi) is 5.51. The van der Waals surface area contributed by atoms with Gasteiger partial charge in [0.2, 0.25) is 0 Å². The largest absolute Gasteiger partial charge is 0.357 e. The lowest BCUT2D eigenvalue weighted by Gasteiger charge is -2.20. The van der Waals surface area contributed by atoms with Crippen LogP contribution in [0.1, 0.15) is 0 Å². The summed E-state index contributed by atoms with van der Waals surface area (Å²) in [7, 11) is 5.03. The minimum atomic E-state index is -0.556. The summed E-state index contributed by atoms with van der Waals surface area (Å²) in [4.78, 5) is 28.5. The molecule has 0 aliphatic heterocycles. The minimum absolute atomic E-state index is 0.159. The van der Waals surface area contributed by atoms with Crippen LogP contribution in [0.4, 0.5) is 16.3 Å². The number of halogens is 1. The molecule has 0 saturated carbocycles. The van der Waals surface area contributed by atoms with E-state index in [4.69, 9.17) is 11.6 Å². The second kappa shape index (κ2) is 6.90. The molecule has 1 aromatic rings. The number of pyridine rings is 1. The third-order valence-electron chi connectivity index (χ3n) is 2.51. The molecule has 0 atom stereocenters. The molecule has 1 N–H and O–H groups in total. The Morgan fingerprint density at radius 1 is 1.50 bits per heavy atom. The molecule has 0 aliphatic rings. The number of likely N-dealkylation sites (N-methyl/N-ethyl adjacent to an activating group) is 1. The molecule has 0 saturated heterocycles. The molecule has 8 nitrogen and oxygen atoms in total. The molecule has 1 heterocycles. The summed E-state index contributed by atoms with van der Waals surface area (Å²) in [6, 6.07) is 1.06. The van der Waals surface area contributed by atoms with Crippen LogP contribution in [-0.4, -0.2) is 55.1 Å². The van der Waals surface area contributed by atoms with Crippen molar-refractivity contribution >= 4 is 29.1 Å². The maximum absolute atomic E-state index is 11.3. The van der Waals surface area contributed by atoms with Gasteiger partial charge in [0.25, 0.3) is 5.69 Å². The number of anilines is 1. The highest BCUT2D eigenvalue weighted by Gasteiger charge is 2.14. The summed E-state index contributed by atoms with van der Waals surface area (Å²) in [5.41, 5.74) is -0.159. The van der Waals surface area contributed by atoms with Gasteiger partial charge in [0.05, 0.1) is 9.95 Å². The van der Waals surface area contributed by atoms with Crippen LogP contribution in [0, 0.1) is 10.1 Å². The second-order valence-corrected chi connectivity index (χ2v) is 4.71. The summed E-state index contributed by atoms with van der Waals surface area (Å²) in [6.07, 6.45) is 1.15. The lowest BCUT2D eigenvalue weighted by atomic mass is 10.4. The van der Waals surface area contributed by atoms with Crippen LogP contribution < -0.4 is 10.2 Å². The molecule has 0 radical (unpaired) electrons. The Morgan fingerprint density at radius 2 is 2.15 bits per heavy atom. The first-order valence-corrected chi connectivity index (χ1v) is 6.17. The summed E-state index contributed by atoms with van der Waals surface area (Å²) in [5, 5.41) is 13.5. The molecule has 0 bridgehead atoms. The van der Waals surface area contributed by atoms with Crippen molar-refractivity contribution in [1.82, 2.24) is 15.2 Å². The number of hydrogen-bond donors (Lipinski definition) is 1. The van der Waals surface area contributed by atoms with E-state index in [1.165, 1.54) is 11.0 Å². The molecule has 0 spiro atoms. The monoisotopic (exact) mass is 301 g/mol. The average Bonchev–Trinajstić information content (AvgIpc) is 2.37.